The van der Waals surface area contributed by atoms with Crippen molar-refractivity contribution in [3.8, 4) is 0 Å². The molecule has 1 rings (SSSR count). The van der Waals surface area contributed by atoms with Crippen LogP contribution in [0.1, 0.15) is 24.1 Å². The van der Waals surface area contributed by atoms with Crippen LogP contribution in [-0.2, 0) is 9.53 Å². The third-order valence-electron chi connectivity index (χ3n) is 2.46. The van der Waals surface area contributed by atoms with Crippen LogP contribution in [0.15, 0.2) is 24.3 Å². The number of carbonyl (C=O) groups excluding carboxylic acids is 1. The molecule has 2 N–H and O–H groups in total. The number of nitrogens with two attached hydrogens (primary N) is 1. The molecular weight excluding hydrogens is 228 g/mol. The summed E-state index contributed by atoms with van der Waals surface area (Å²) in [6, 6.07) is 4.77. The average Bonchev–Trinajstić information content (AvgIpc) is 2.29. The predicted octanol–water partition coefficient (Wildman–Crippen LogP) is 2.19. The zero-order chi connectivity index (χ0) is 13.1. The summed E-state index contributed by atoms with van der Waals surface area (Å²) >= 11 is 0. The van der Waals surface area contributed by atoms with E-state index in [0.29, 0.717) is 5.56 Å². The van der Waals surface area contributed by atoms with Gasteiger partial charge in [-0.3, -0.25) is 0 Å². The summed E-state index contributed by atoms with van der Waals surface area (Å²) in [7, 11) is 0. The molecule has 1 aromatic rings. The minimum atomic E-state index is -3.72. The summed E-state index contributed by atoms with van der Waals surface area (Å²) in [5.41, 5.74) is 6.31. The van der Waals surface area contributed by atoms with E-state index in [1.165, 1.54) is 13.0 Å². The van der Waals surface area contributed by atoms with Gasteiger partial charge in [-0.25, -0.2) is 4.79 Å². The number of hydrogen-bond acceptors (Lipinski definition) is 3. The Morgan fingerprint density at radius 1 is 1.47 bits per heavy atom. The predicted molar refractivity (Wildman–Crippen MR) is 59.7 cm³/mol. The lowest BCUT2D eigenvalue weighted by atomic mass is 9.97. The number of carbonyl (C=O) groups is 1. The lowest BCUT2D eigenvalue weighted by molar-refractivity contribution is -0.174. The molecule has 0 radical (unpaired) electrons. The number of hydrogen-bond donors (Lipinski definition) is 1. The number of alkyl halides is 2. The SMILES string of the molecule is CCOC(=O)C(F)(F)[C@H](N)c1ccccc1C. The van der Waals surface area contributed by atoms with Crippen molar-refractivity contribution in [1.29, 1.82) is 0 Å². The first-order valence-corrected chi connectivity index (χ1v) is 5.27. The minimum absolute atomic E-state index is 0.102. The van der Waals surface area contributed by atoms with E-state index in [1.807, 2.05) is 0 Å². The maximum atomic E-state index is 13.7. The van der Waals surface area contributed by atoms with E-state index in [9.17, 15) is 13.6 Å². The highest BCUT2D eigenvalue weighted by atomic mass is 19.3. The molecule has 5 heteroatoms. The molecule has 1 aromatic carbocycles. The fourth-order valence-electron chi connectivity index (χ4n) is 1.49. The Balaban J connectivity index is 3.00. The maximum Gasteiger partial charge on any atom is 0.379 e. The zero-order valence-corrected chi connectivity index (χ0v) is 9.74. The Hall–Kier alpha value is -1.49. The monoisotopic (exact) mass is 243 g/mol. The highest BCUT2D eigenvalue weighted by molar-refractivity contribution is 5.79. The van der Waals surface area contributed by atoms with Gasteiger partial charge in [-0.2, -0.15) is 8.78 Å². The van der Waals surface area contributed by atoms with Gasteiger partial charge in [0.15, 0.2) is 0 Å². The van der Waals surface area contributed by atoms with Crippen molar-refractivity contribution in [2.75, 3.05) is 6.61 Å². The van der Waals surface area contributed by atoms with Crippen LogP contribution in [0.2, 0.25) is 0 Å². The Kier molecular flexibility index (Phi) is 4.17. The second kappa shape index (κ2) is 5.23. The molecular formula is C12H15F2NO2. The quantitative estimate of drug-likeness (QED) is 0.825. The lowest BCUT2D eigenvalue weighted by Crippen LogP contribution is -2.42. The van der Waals surface area contributed by atoms with Gasteiger partial charge in [0.1, 0.15) is 6.04 Å². The number of esters is 1. The summed E-state index contributed by atoms with van der Waals surface area (Å²) in [6.45, 7) is 3.03. The topological polar surface area (TPSA) is 52.3 Å². The van der Waals surface area contributed by atoms with Gasteiger partial charge < -0.3 is 10.5 Å². The fraction of sp³-hybridized carbons (Fsp3) is 0.417. The van der Waals surface area contributed by atoms with E-state index in [0.717, 1.165) is 0 Å². The van der Waals surface area contributed by atoms with Gasteiger partial charge in [-0.05, 0) is 25.0 Å². The second-order valence-corrected chi connectivity index (χ2v) is 3.68. The van der Waals surface area contributed by atoms with Crippen molar-refractivity contribution in [2.24, 2.45) is 5.73 Å². The van der Waals surface area contributed by atoms with E-state index in [4.69, 9.17) is 5.73 Å². The van der Waals surface area contributed by atoms with Crippen molar-refractivity contribution in [1.82, 2.24) is 0 Å². The standard InChI is InChI=1S/C12H15F2NO2/c1-3-17-11(16)12(13,14)10(15)9-7-5-4-6-8(9)2/h4-7,10H,3,15H2,1-2H3/t10-/m1/s1. The van der Waals surface area contributed by atoms with Gasteiger partial charge in [0.05, 0.1) is 6.61 Å². The molecule has 0 aliphatic rings. The van der Waals surface area contributed by atoms with Crippen LogP contribution in [-0.4, -0.2) is 18.5 Å². The van der Waals surface area contributed by atoms with Crippen LogP contribution < -0.4 is 5.73 Å². The lowest BCUT2D eigenvalue weighted by Gasteiger charge is -2.23. The summed E-state index contributed by atoms with van der Waals surface area (Å²) in [5.74, 6) is -5.31. The van der Waals surface area contributed by atoms with Gasteiger partial charge >= 0.3 is 11.9 Å². The number of benzene rings is 1. The van der Waals surface area contributed by atoms with E-state index in [-0.39, 0.29) is 12.2 Å². The number of halogens is 2. The smallest absolute Gasteiger partial charge is 0.379 e. The second-order valence-electron chi connectivity index (χ2n) is 3.68. The molecule has 0 unspecified atom stereocenters. The largest absolute Gasteiger partial charge is 0.462 e. The van der Waals surface area contributed by atoms with Crippen LogP contribution in [0.3, 0.4) is 0 Å². The molecule has 0 fully saturated rings. The van der Waals surface area contributed by atoms with Crippen LogP contribution in [0.4, 0.5) is 8.78 Å². The van der Waals surface area contributed by atoms with Crippen molar-refractivity contribution < 1.29 is 18.3 Å². The molecule has 0 aliphatic heterocycles. The summed E-state index contributed by atoms with van der Waals surface area (Å²) in [5, 5.41) is 0. The third-order valence-corrected chi connectivity index (χ3v) is 2.46. The van der Waals surface area contributed by atoms with Crippen LogP contribution in [0.5, 0.6) is 0 Å². The molecule has 0 saturated carbocycles. The fourth-order valence-corrected chi connectivity index (χ4v) is 1.49. The molecule has 0 heterocycles. The third kappa shape index (κ3) is 2.79. The highest BCUT2D eigenvalue weighted by Crippen LogP contribution is 2.32. The Labute approximate surface area is 98.6 Å². The average molecular weight is 243 g/mol. The molecule has 3 nitrogen and oxygen atoms in total. The molecule has 0 aliphatic carbocycles. The Morgan fingerprint density at radius 3 is 2.59 bits per heavy atom. The Morgan fingerprint density at radius 2 is 2.06 bits per heavy atom. The molecule has 0 aromatic heterocycles. The number of rotatable bonds is 4. The number of aryl methyl sites for hydroxylation is 1. The maximum absolute atomic E-state index is 13.7. The normalized spacial score (nSPS) is 13.2. The van der Waals surface area contributed by atoms with Crippen molar-refractivity contribution in [3.63, 3.8) is 0 Å². The first kappa shape index (κ1) is 13.6. The first-order valence-electron chi connectivity index (χ1n) is 5.27. The van der Waals surface area contributed by atoms with Crippen LogP contribution >= 0.6 is 0 Å². The highest BCUT2D eigenvalue weighted by Gasteiger charge is 2.48. The zero-order valence-electron chi connectivity index (χ0n) is 9.74. The summed E-state index contributed by atoms with van der Waals surface area (Å²) in [6.07, 6.45) is 0. The van der Waals surface area contributed by atoms with E-state index >= 15 is 0 Å². The van der Waals surface area contributed by atoms with E-state index in [1.54, 1.807) is 25.1 Å². The molecule has 94 valence electrons. The van der Waals surface area contributed by atoms with Crippen LogP contribution in [0, 0.1) is 6.92 Å². The van der Waals surface area contributed by atoms with Crippen molar-refractivity contribution in [2.45, 2.75) is 25.8 Å². The van der Waals surface area contributed by atoms with Gasteiger partial charge in [0, 0.05) is 0 Å². The van der Waals surface area contributed by atoms with Gasteiger partial charge in [-0.1, -0.05) is 24.3 Å². The van der Waals surface area contributed by atoms with E-state index < -0.39 is 17.9 Å². The van der Waals surface area contributed by atoms with E-state index in [2.05, 4.69) is 4.74 Å². The molecule has 0 bridgehead atoms. The van der Waals surface area contributed by atoms with Gasteiger partial charge in [0.25, 0.3) is 0 Å². The first-order chi connectivity index (χ1) is 7.91. The summed E-state index contributed by atoms with van der Waals surface area (Å²) in [4.78, 5) is 11.1. The molecule has 0 amide bonds. The minimum Gasteiger partial charge on any atom is -0.462 e. The van der Waals surface area contributed by atoms with Crippen molar-refractivity contribution >= 4 is 5.97 Å². The van der Waals surface area contributed by atoms with Gasteiger partial charge in [0.2, 0.25) is 0 Å². The van der Waals surface area contributed by atoms with Gasteiger partial charge in [-0.15, -0.1) is 0 Å². The van der Waals surface area contributed by atoms with Crippen molar-refractivity contribution in [3.05, 3.63) is 35.4 Å². The molecule has 0 saturated heterocycles. The molecule has 17 heavy (non-hydrogen) atoms. The number of ether oxygens (including phenoxy) is 1. The molecule has 0 spiro atoms. The molecule has 1 atom stereocenters. The Bertz CT molecular complexity index is 407. The van der Waals surface area contributed by atoms with Crippen LogP contribution in [0.25, 0.3) is 0 Å². The summed E-state index contributed by atoms with van der Waals surface area (Å²) < 4.78 is 31.6.